The molecule has 14 rings (SSSR count). The number of nitrogens with zero attached hydrogens (tertiary/aromatic N) is 12. The maximum Gasteiger partial charge on any atom is 0.472 e. The first-order chi connectivity index (χ1) is 42.6. The largest absolute Gasteiger partial charge is 0.472 e. The van der Waals surface area contributed by atoms with E-state index in [1.165, 1.54) is 68.1 Å². The molecule has 0 spiro atoms. The summed E-state index contributed by atoms with van der Waals surface area (Å²) in [5, 5.41) is 45.0. The number of aliphatic hydroxyl groups excluding tert-OH is 4. The number of nitrogen functional groups attached to an aromatic ring is 2. The number of phosphoric acid groups is 2. The van der Waals surface area contributed by atoms with Crippen LogP contribution in [-0.4, -0.2) is 203 Å². The molecule has 8 unspecified atom stereocenters. The lowest BCUT2D eigenvalue weighted by Gasteiger charge is -2.27. The summed E-state index contributed by atoms with van der Waals surface area (Å²) in [7, 11) is -9.98. The normalized spacial score (nSPS) is 37.7. The number of anilines is 2. The Kier molecular flexibility index (Phi) is 16.7. The standard InChI is InChI=1S/2C22H26N8O12P2S/c2*1-8-27-18-9(20(33)28-8)2-3-29(18)22-16-13(31)10(39-22)4-37-43(34,35)41-15-11(5-38-44(36,45)42-16)40-21(14(15)32)30-7-26-12-17(23)24-6-25-19(12)30/h2*2-3,6-7,10-11,13-16,21-22,31-32H,4-5H2,1H3,(H,34,35)(H,36,45)(H2,23,24,25)(H,27,28,33)/t2*10-,11-,13?,14?,15+,16+,21-,22-,44?/m11/s1. The number of hydrogen-bond acceptors (Lipinski definition) is 32. The molecule has 6 fully saturated rings. The Balaban J connectivity index is 0.000000165. The number of H-pyrrole nitrogens is 2. The Morgan fingerprint density at radius 2 is 0.944 bits per heavy atom. The van der Waals surface area contributed by atoms with Gasteiger partial charge in [0, 0.05) is 12.4 Å². The third-order valence-corrected chi connectivity index (χ3v) is 20.3. The van der Waals surface area contributed by atoms with Gasteiger partial charge < -0.3 is 89.1 Å². The smallest absolute Gasteiger partial charge is 0.387 e. The van der Waals surface area contributed by atoms with Gasteiger partial charge in [0.2, 0.25) is 0 Å². The lowest BCUT2D eigenvalue weighted by Crippen LogP contribution is -2.36. The van der Waals surface area contributed by atoms with Crippen LogP contribution in [0.4, 0.5) is 11.6 Å². The monoisotopic (exact) mass is 1380 g/mol. The Hall–Kier alpha value is -5.53. The van der Waals surface area contributed by atoms with Crippen LogP contribution in [0, 0.1) is 13.8 Å². The Morgan fingerprint density at radius 3 is 1.40 bits per heavy atom. The molecule has 0 aliphatic carbocycles. The zero-order valence-corrected chi connectivity index (χ0v) is 51.2. The molecule has 6 aliphatic heterocycles. The summed E-state index contributed by atoms with van der Waals surface area (Å²) in [4.78, 5) is 95.4. The van der Waals surface area contributed by atoms with E-state index in [-0.39, 0.29) is 56.0 Å². The molecule has 0 aromatic carbocycles. The van der Waals surface area contributed by atoms with Crippen LogP contribution in [0.1, 0.15) is 36.6 Å². The predicted molar refractivity (Wildman–Crippen MR) is 305 cm³/mol. The number of thiol groups is 1. The second-order valence-electron chi connectivity index (χ2n) is 20.9. The summed E-state index contributed by atoms with van der Waals surface area (Å²) in [6, 6.07) is 2.94. The Morgan fingerprint density at radius 1 is 0.533 bits per heavy atom. The summed E-state index contributed by atoms with van der Waals surface area (Å²) in [6.45, 7) is -8.12. The molecule has 6 aliphatic rings. The first kappa shape index (κ1) is 63.2. The third-order valence-electron chi connectivity index (χ3n) is 15.1. The number of ether oxygens (including phenoxy) is 4. The molecule has 90 heavy (non-hydrogen) atoms. The number of phosphoric ester groups is 2. The summed E-state index contributed by atoms with van der Waals surface area (Å²) in [6.07, 6.45) is -15.0. The van der Waals surface area contributed by atoms with E-state index >= 15 is 0 Å². The molecule has 484 valence electrons. The maximum absolute atomic E-state index is 13.5. The Bertz CT molecular complexity index is 4150. The van der Waals surface area contributed by atoms with Gasteiger partial charge in [-0.05, 0) is 37.8 Å². The van der Waals surface area contributed by atoms with Gasteiger partial charge in [0.05, 0.1) is 49.9 Å². The summed E-state index contributed by atoms with van der Waals surface area (Å²) in [5.41, 5.74) is 12.0. The molecule has 0 amide bonds. The molecule has 0 radical (unpaired) electrons. The van der Waals surface area contributed by atoms with Crippen molar-refractivity contribution in [2.75, 3.05) is 37.9 Å². The SMILES string of the molecule is Cc1nc2c(ccn2[C@@H]2O[C@@H]3COP(=O)(O)O[C@@H]4C(O)[C@H](n5cnc6c(N)ncnc65)O[C@@H]4COP(=O)(S)O[C@H]2C3O)c(=O)[nH]1.Cc1nc2c(ccn2[C@@H]2O[C@@H]3COP(=O)(O)O[C@@H]4C(O)[C@H](n5cnc6c(N)ncnc65)O[C@@H]4COP(O)(=S)O[C@H]2C3O)c(=O)[nH]1. The van der Waals surface area contributed by atoms with Crippen molar-refractivity contribution in [2.24, 2.45) is 0 Å². The zero-order valence-electron chi connectivity index (χ0n) is 45.9. The number of aryl methyl sites for hydroxylation is 2. The zero-order chi connectivity index (χ0) is 63.7. The molecule has 8 aromatic heterocycles. The van der Waals surface area contributed by atoms with Crippen molar-refractivity contribution in [3.63, 3.8) is 0 Å². The minimum atomic E-state index is -4.99. The number of hydrogen-bond donors (Lipinski definition) is 12. The maximum atomic E-state index is 13.5. The minimum Gasteiger partial charge on any atom is -0.387 e. The van der Waals surface area contributed by atoms with Gasteiger partial charge in [-0.3, -0.25) is 50.4 Å². The number of nitrogens with two attached hydrogens (primary N) is 2. The highest BCUT2D eigenvalue weighted by Gasteiger charge is 2.56. The van der Waals surface area contributed by atoms with E-state index in [0.717, 1.165) is 0 Å². The van der Waals surface area contributed by atoms with Crippen LogP contribution in [0.15, 0.2) is 59.4 Å². The van der Waals surface area contributed by atoms with E-state index in [2.05, 4.69) is 62.1 Å². The predicted octanol–water partition coefficient (Wildman–Crippen LogP) is -0.967. The van der Waals surface area contributed by atoms with Crippen LogP contribution in [-0.2, 0) is 80.6 Å². The highest BCUT2D eigenvalue weighted by atomic mass is 32.7. The minimum absolute atomic E-state index is 0.0674. The van der Waals surface area contributed by atoms with Crippen molar-refractivity contribution in [1.82, 2.24) is 68.1 Å². The lowest BCUT2D eigenvalue weighted by atomic mass is 10.1. The lowest BCUT2D eigenvalue weighted by molar-refractivity contribution is -0.0634. The van der Waals surface area contributed by atoms with Gasteiger partial charge in [0.15, 0.2) is 47.8 Å². The Labute approximate surface area is 511 Å². The van der Waals surface area contributed by atoms with Crippen molar-refractivity contribution < 1.29 is 104 Å². The van der Waals surface area contributed by atoms with Gasteiger partial charge in [-0.25, -0.2) is 53.6 Å². The van der Waals surface area contributed by atoms with Gasteiger partial charge in [-0.2, -0.15) is 0 Å². The highest BCUT2D eigenvalue weighted by molar-refractivity contribution is 8.44. The van der Waals surface area contributed by atoms with Crippen LogP contribution in [0.5, 0.6) is 0 Å². The average Bonchev–Trinajstić information content (AvgIpc) is 1.81. The van der Waals surface area contributed by atoms with Crippen molar-refractivity contribution in [3.05, 3.63) is 82.2 Å². The molecule has 40 nitrogen and oxygen atoms in total. The van der Waals surface area contributed by atoms with E-state index in [1.54, 1.807) is 13.8 Å². The summed E-state index contributed by atoms with van der Waals surface area (Å²) in [5.74, 6) is 0.726. The first-order valence-electron chi connectivity index (χ1n) is 26.6. The molecule has 46 heteroatoms. The van der Waals surface area contributed by atoms with E-state index in [0.29, 0.717) is 11.6 Å². The van der Waals surface area contributed by atoms with Gasteiger partial charge in [-0.15, -0.1) is 0 Å². The molecule has 14 heterocycles. The second kappa shape index (κ2) is 23.8. The fourth-order valence-electron chi connectivity index (χ4n) is 11.1. The van der Waals surface area contributed by atoms with E-state index < -0.39 is 165 Å². The number of rotatable bonds is 4. The molecule has 0 saturated carbocycles. The number of imidazole rings is 2. The van der Waals surface area contributed by atoms with Crippen LogP contribution in [0.3, 0.4) is 0 Å². The molecule has 6 saturated heterocycles. The van der Waals surface area contributed by atoms with E-state index in [4.69, 9.17) is 78.4 Å². The van der Waals surface area contributed by atoms with Crippen LogP contribution < -0.4 is 22.6 Å². The van der Waals surface area contributed by atoms with Crippen LogP contribution in [0.2, 0.25) is 0 Å². The fourth-order valence-corrected chi connectivity index (χ4v) is 15.9. The molecular weight excluding hydrogens is 1320 g/mol. The number of nitrogens with one attached hydrogen (secondary N) is 2. The molecule has 13 N–H and O–H groups in total. The highest BCUT2D eigenvalue weighted by Crippen LogP contribution is 2.59. The van der Waals surface area contributed by atoms with E-state index in [1.807, 2.05) is 0 Å². The number of aromatic nitrogens is 14. The third kappa shape index (κ3) is 11.9. The number of fused-ring (bicyclic) bond motifs is 10. The topological polar surface area (TPSA) is 544 Å². The molecule has 4 bridgehead atoms. The first-order valence-corrected chi connectivity index (χ1v) is 34.9. The van der Waals surface area contributed by atoms with Crippen molar-refractivity contribution >= 4 is 109 Å². The van der Waals surface area contributed by atoms with Crippen LogP contribution in [0.25, 0.3) is 44.4 Å². The summed E-state index contributed by atoms with van der Waals surface area (Å²) < 4.78 is 112. The fraction of sp³-hybridized carbons (Fsp3) is 0.500. The van der Waals surface area contributed by atoms with Crippen LogP contribution >= 0.6 is 41.4 Å². The molecule has 8 aromatic rings. The summed E-state index contributed by atoms with van der Waals surface area (Å²) >= 11 is 9.32. The number of aromatic amines is 2. The number of aliphatic hydroxyl groups is 4. The quantitative estimate of drug-likeness (QED) is 0.0745. The van der Waals surface area contributed by atoms with Crippen molar-refractivity contribution in [1.29, 1.82) is 0 Å². The van der Waals surface area contributed by atoms with Gasteiger partial charge in [0.25, 0.3) is 11.1 Å². The molecular formula is C44H52N16O24P4S2. The van der Waals surface area contributed by atoms with Gasteiger partial charge in [0.1, 0.15) is 120 Å². The van der Waals surface area contributed by atoms with Crippen molar-refractivity contribution in [2.45, 2.75) is 112 Å². The van der Waals surface area contributed by atoms with Crippen molar-refractivity contribution in [3.8, 4) is 0 Å². The second-order valence-corrected chi connectivity index (χ2v) is 29.4. The average molecular weight is 1380 g/mol. The van der Waals surface area contributed by atoms with E-state index in [9.17, 15) is 58.4 Å². The molecule has 20 atom stereocenters. The van der Waals surface area contributed by atoms with Gasteiger partial charge in [-0.1, -0.05) is 12.2 Å². The van der Waals surface area contributed by atoms with Gasteiger partial charge >= 0.3 is 29.2 Å².